The predicted molar refractivity (Wildman–Crippen MR) is 166 cm³/mol. The number of hydrogen-bond acceptors (Lipinski definition) is 4. The van der Waals surface area contributed by atoms with Gasteiger partial charge in [-0.3, -0.25) is 0 Å². The second-order valence-electron chi connectivity index (χ2n) is 10.3. The normalized spacial score (nSPS) is 16.6. The molecule has 4 heteroatoms. The highest BCUT2D eigenvalue weighted by atomic mass is 16.3. The zero-order chi connectivity index (χ0) is 26.5. The molecule has 5 aromatic carbocycles. The monoisotopic (exact) mass is 517 g/mol. The Morgan fingerprint density at radius 2 is 1.52 bits per heavy atom. The Bertz CT molecular complexity index is 2000. The molecule has 1 aliphatic heterocycles. The van der Waals surface area contributed by atoms with Crippen LogP contribution in [0.5, 0.6) is 0 Å². The first-order chi connectivity index (χ1) is 19.8. The first kappa shape index (κ1) is 22.9. The number of rotatable bonds is 5. The van der Waals surface area contributed by atoms with Crippen molar-refractivity contribution in [1.82, 2.24) is 10.4 Å². The van der Waals surface area contributed by atoms with Crippen LogP contribution in [-0.4, -0.2) is 17.7 Å². The lowest BCUT2D eigenvalue weighted by atomic mass is 9.94. The summed E-state index contributed by atoms with van der Waals surface area (Å²) in [6.07, 6.45) is 8.70. The Balaban J connectivity index is 1.19. The van der Waals surface area contributed by atoms with Crippen LogP contribution in [0.1, 0.15) is 5.56 Å². The summed E-state index contributed by atoms with van der Waals surface area (Å²) in [5.41, 5.74) is 12.6. The van der Waals surface area contributed by atoms with E-state index in [1.807, 2.05) is 6.07 Å². The second kappa shape index (κ2) is 9.30. The molecule has 0 bridgehead atoms. The van der Waals surface area contributed by atoms with E-state index in [4.69, 9.17) is 4.42 Å². The van der Waals surface area contributed by atoms with Gasteiger partial charge in [-0.15, -0.1) is 0 Å². The minimum Gasteiger partial charge on any atom is -0.455 e. The van der Waals surface area contributed by atoms with Gasteiger partial charge in [0.05, 0.1) is 18.4 Å². The molecule has 4 nitrogen and oxygen atoms in total. The third kappa shape index (κ3) is 3.65. The van der Waals surface area contributed by atoms with E-state index in [1.165, 1.54) is 22.1 Å². The number of nitrogens with one attached hydrogen (secondary N) is 2. The molecule has 6 aromatic rings. The highest BCUT2D eigenvalue weighted by Gasteiger charge is 2.31. The number of hydrazine groups is 1. The Kier molecular flexibility index (Phi) is 5.32. The van der Waals surface area contributed by atoms with Crippen molar-refractivity contribution in [1.29, 1.82) is 0 Å². The number of allylic oxidation sites excluding steroid dienone is 2. The molecule has 1 aliphatic carbocycles. The molecular weight excluding hydrogens is 490 g/mol. The number of hydrogen-bond donors (Lipinski definition) is 2. The molecule has 0 fully saturated rings. The van der Waals surface area contributed by atoms with E-state index >= 15 is 0 Å². The predicted octanol–water partition coefficient (Wildman–Crippen LogP) is 8.50. The van der Waals surface area contributed by atoms with Gasteiger partial charge in [0.2, 0.25) is 0 Å². The summed E-state index contributed by atoms with van der Waals surface area (Å²) in [6, 6.07) is 38.4. The molecule has 0 saturated carbocycles. The molecule has 1 aromatic heterocycles. The van der Waals surface area contributed by atoms with Crippen molar-refractivity contribution in [3.05, 3.63) is 145 Å². The van der Waals surface area contributed by atoms with Gasteiger partial charge in [0.15, 0.2) is 0 Å². The average Bonchev–Trinajstić information content (AvgIpc) is 3.60. The maximum Gasteiger partial charge on any atom is 0.143 e. The molecule has 1 unspecified atom stereocenters. The van der Waals surface area contributed by atoms with Gasteiger partial charge in [-0.25, -0.2) is 0 Å². The van der Waals surface area contributed by atoms with E-state index in [1.54, 1.807) is 0 Å². The lowest BCUT2D eigenvalue weighted by Gasteiger charge is -2.26. The van der Waals surface area contributed by atoms with E-state index in [0.717, 1.165) is 44.3 Å². The fourth-order valence-corrected chi connectivity index (χ4v) is 6.10. The molecule has 0 amide bonds. The van der Waals surface area contributed by atoms with Crippen LogP contribution in [0.2, 0.25) is 0 Å². The fraction of sp³-hybridized carbons (Fsp3) is 0.0556. The van der Waals surface area contributed by atoms with Gasteiger partial charge in [-0.2, -0.15) is 5.01 Å². The molecular formula is C36H27N3O. The van der Waals surface area contributed by atoms with Crippen LogP contribution in [-0.2, 0) is 0 Å². The maximum absolute atomic E-state index is 6.46. The van der Waals surface area contributed by atoms with Crippen molar-refractivity contribution in [3.8, 4) is 11.1 Å². The SMILES string of the molecule is C1=CC2=C(c3ccccc3)NN(CNc3ccccc3-c3cc4ccccc4c4oc5ccccc5c34)C2C=C1. The number of fused-ring (bicyclic) bond motifs is 6. The molecule has 192 valence electrons. The van der Waals surface area contributed by atoms with E-state index in [-0.39, 0.29) is 6.04 Å². The van der Waals surface area contributed by atoms with Gasteiger partial charge in [0, 0.05) is 33.0 Å². The Hall–Kier alpha value is -5.06. The van der Waals surface area contributed by atoms with Crippen molar-refractivity contribution in [3.63, 3.8) is 0 Å². The lowest BCUT2D eigenvalue weighted by Crippen LogP contribution is -2.41. The molecule has 0 saturated heterocycles. The molecule has 2 aliphatic rings. The van der Waals surface area contributed by atoms with Crippen LogP contribution in [0.15, 0.2) is 143 Å². The minimum absolute atomic E-state index is 0.157. The quantitative estimate of drug-likeness (QED) is 0.241. The van der Waals surface area contributed by atoms with Crippen molar-refractivity contribution < 1.29 is 4.42 Å². The first-order valence-electron chi connectivity index (χ1n) is 13.7. The largest absolute Gasteiger partial charge is 0.455 e. The third-order valence-electron chi connectivity index (χ3n) is 7.97. The fourth-order valence-electron chi connectivity index (χ4n) is 6.10. The molecule has 2 heterocycles. The van der Waals surface area contributed by atoms with E-state index < -0.39 is 0 Å². The smallest absolute Gasteiger partial charge is 0.143 e. The Morgan fingerprint density at radius 3 is 2.45 bits per heavy atom. The molecule has 2 N–H and O–H groups in total. The molecule has 0 spiro atoms. The van der Waals surface area contributed by atoms with Crippen molar-refractivity contribution in [2.24, 2.45) is 0 Å². The van der Waals surface area contributed by atoms with Gasteiger partial charge >= 0.3 is 0 Å². The molecule has 0 radical (unpaired) electrons. The summed E-state index contributed by atoms with van der Waals surface area (Å²) in [5.74, 6) is 0. The standard InChI is InChI=1S/C36H27N3O/c1-2-12-24(13-3-1)35-28-17-7-10-20-32(28)39(38-35)23-37-31-19-9-6-16-27(31)30-22-25-14-4-5-15-26(25)36-34(30)29-18-8-11-21-33(29)40-36/h1-22,32,37-38H,23H2. The Labute approximate surface area is 232 Å². The van der Waals surface area contributed by atoms with Crippen LogP contribution >= 0.6 is 0 Å². The number of anilines is 1. The molecule has 40 heavy (non-hydrogen) atoms. The maximum atomic E-state index is 6.46. The van der Waals surface area contributed by atoms with Gasteiger partial charge in [-0.1, -0.05) is 115 Å². The lowest BCUT2D eigenvalue weighted by molar-refractivity contribution is 0.246. The summed E-state index contributed by atoms with van der Waals surface area (Å²) >= 11 is 0. The summed E-state index contributed by atoms with van der Waals surface area (Å²) in [5, 5.41) is 10.6. The van der Waals surface area contributed by atoms with Crippen LogP contribution in [0.4, 0.5) is 5.69 Å². The van der Waals surface area contributed by atoms with Gasteiger partial charge < -0.3 is 15.2 Å². The summed E-state index contributed by atoms with van der Waals surface area (Å²) in [6.45, 7) is 0.628. The van der Waals surface area contributed by atoms with Crippen LogP contribution in [0, 0.1) is 0 Å². The number of furan rings is 1. The Morgan fingerprint density at radius 1 is 0.750 bits per heavy atom. The number of nitrogens with zero attached hydrogens (tertiary/aromatic N) is 1. The topological polar surface area (TPSA) is 40.4 Å². The molecule has 8 rings (SSSR count). The first-order valence-corrected chi connectivity index (χ1v) is 13.7. The third-order valence-corrected chi connectivity index (χ3v) is 7.97. The van der Waals surface area contributed by atoms with E-state index in [0.29, 0.717) is 6.67 Å². The average molecular weight is 518 g/mol. The molecule has 1 atom stereocenters. The van der Waals surface area contributed by atoms with E-state index in [9.17, 15) is 0 Å². The van der Waals surface area contributed by atoms with Gasteiger partial charge in [-0.05, 0) is 34.7 Å². The highest BCUT2D eigenvalue weighted by Crippen LogP contribution is 2.43. The minimum atomic E-state index is 0.157. The number of benzene rings is 5. The zero-order valence-electron chi connectivity index (χ0n) is 21.8. The summed E-state index contributed by atoms with van der Waals surface area (Å²) < 4.78 is 6.46. The highest BCUT2D eigenvalue weighted by molar-refractivity contribution is 6.21. The van der Waals surface area contributed by atoms with Crippen molar-refractivity contribution in [2.45, 2.75) is 6.04 Å². The van der Waals surface area contributed by atoms with Crippen molar-refractivity contribution >= 4 is 44.1 Å². The summed E-state index contributed by atoms with van der Waals surface area (Å²) in [4.78, 5) is 0. The van der Waals surface area contributed by atoms with Crippen molar-refractivity contribution in [2.75, 3.05) is 12.0 Å². The van der Waals surface area contributed by atoms with Gasteiger partial charge in [0.25, 0.3) is 0 Å². The van der Waals surface area contributed by atoms with Gasteiger partial charge in [0.1, 0.15) is 11.2 Å². The van der Waals surface area contributed by atoms with Crippen LogP contribution in [0.25, 0.3) is 49.5 Å². The second-order valence-corrected chi connectivity index (χ2v) is 10.3. The number of para-hydroxylation sites is 2. The van der Waals surface area contributed by atoms with E-state index in [2.05, 4.69) is 143 Å². The van der Waals surface area contributed by atoms with Crippen LogP contribution in [0.3, 0.4) is 0 Å². The van der Waals surface area contributed by atoms with Crippen LogP contribution < -0.4 is 10.7 Å². The summed E-state index contributed by atoms with van der Waals surface area (Å²) in [7, 11) is 0. The zero-order valence-corrected chi connectivity index (χ0v) is 21.8.